The van der Waals surface area contributed by atoms with Gasteiger partial charge in [0.15, 0.2) is 5.96 Å². The van der Waals surface area contributed by atoms with E-state index in [1.165, 1.54) is 32.2 Å². The Bertz CT molecular complexity index is 670. The third-order valence-electron chi connectivity index (χ3n) is 5.77. The lowest BCUT2D eigenvalue weighted by molar-refractivity contribution is 0.0955. The van der Waals surface area contributed by atoms with Crippen molar-refractivity contribution >= 4 is 11.9 Å². The van der Waals surface area contributed by atoms with E-state index in [-0.39, 0.29) is 5.91 Å². The number of carbonyl (C=O) groups is 1. The van der Waals surface area contributed by atoms with Crippen LogP contribution < -0.4 is 20.7 Å². The Hall–Kier alpha value is -2.28. The minimum Gasteiger partial charge on any atom is -0.497 e. The van der Waals surface area contributed by atoms with E-state index in [2.05, 4.69) is 32.8 Å². The zero-order chi connectivity index (χ0) is 20.5. The maximum atomic E-state index is 12.2. The molecule has 160 valence electrons. The lowest BCUT2D eigenvalue weighted by Crippen LogP contribution is -2.45. The summed E-state index contributed by atoms with van der Waals surface area (Å²) in [7, 11) is 1.61. The number of amides is 1. The molecule has 1 amide bonds. The Morgan fingerprint density at radius 2 is 1.93 bits per heavy atom. The molecular weight excluding hydrogens is 366 g/mol. The average molecular weight is 402 g/mol. The van der Waals surface area contributed by atoms with Gasteiger partial charge in [0, 0.05) is 43.8 Å². The molecule has 0 aromatic heterocycles. The molecule has 2 aliphatic rings. The van der Waals surface area contributed by atoms with E-state index in [4.69, 9.17) is 4.74 Å². The molecule has 3 N–H and O–H groups in total. The van der Waals surface area contributed by atoms with Gasteiger partial charge in [-0.25, -0.2) is 0 Å². The van der Waals surface area contributed by atoms with Gasteiger partial charge in [0.1, 0.15) is 5.75 Å². The van der Waals surface area contributed by atoms with Gasteiger partial charge in [-0.1, -0.05) is 12.8 Å². The number of rotatable bonds is 8. The number of hydrogen-bond acceptors (Lipinski definition) is 4. The molecule has 1 saturated carbocycles. The molecule has 29 heavy (non-hydrogen) atoms. The smallest absolute Gasteiger partial charge is 0.251 e. The Morgan fingerprint density at radius 3 is 2.62 bits per heavy atom. The Balaban J connectivity index is 1.42. The van der Waals surface area contributed by atoms with E-state index < -0.39 is 0 Å². The van der Waals surface area contributed by atoms with Crippen molar-refractivity contribution in [2.45, 2.75) is 51.1 Å². The summed E-state index contributed by atoms with van der Waals surface area (Å²) in [6, 6.07) is 8.34. The Labute approximate surface area is 174 Å². The van der Waals surface area contributed by atoms with E-state index >= 15 is 0 Å². The quantitative estimate of drug-likeness (QED) is 0.353. The molecule has 1 atom stereocenters. The molecular formula is C22H35N5O2. The van der Waals surface area contributed by atoms with Crippen LogP contribution in [0.5, 0.6) is 5.75 Å². The van der Waals surface area contributed by atoms with Crippen LogP contribution in [0.15, 0.2) is 29.3 Å². The zero-order valence-electron chi connectivity index (χ0n) is 17.7. The van der Waals surface area contributed by atoms with E-state index in [0.29, 0.717) is 24.7 Å². The van der Waals surface area contributed by atoms with Gasteiger partial charge in [-0.2, -0.15) is 0 Å². The number of hydrogen-bond donors (Lipinski definition) is 3. The molecule has 0 bridgehead atoms. The van der Waals surface area contributed by atoms with E-state index in [9.17, 15) is 4.79 Å². The van der Waals surface area contributed by atoms with Crippen LogP contribution in [-0.2, 0) is 0 Å². The van der Waals surface area contributed by atoms with Crippen molar-refractivity contribution in [3.05, 3.63) is 29.8 Å². The van der Waals surface area contributed by atoms with Crippen molar-refractivity contribution in [2.24, 2.45) is 4.99 Å². The van der Waals surface area contributed by atoms with Crippen LogP contribution in [-0.4, -0.2) is 68.7 Å². The van der Waals surface area contributed by atoms with Crippen LogP contribution in [0, 0.1) is 0 Å². The van der Waals surface area contributed by atoms with Gasteiger partial charge in [0.25, 0.3) is 5.91 Å². The van der Waals surface area contributed by atoms with Gasteiger partial charge in [-0.3, -0.25) is 14.7 Å². The fourth-order valence-electron chi connectivity index (χ4n) is 4.20. The maximum Gasteiger partial charge on any atom is 0.251 e. The monoisotopic (exact) mass is 401 g/mol. The molecule has 1 saturated heterocycles. The highest BCUT2D eigenvalue weighted by molar-refractivity contribution is 5.94. The third-order valence-corrected chi connectivity index (χ3v) is 5.77. The summed E-state index contributed by atoms with van der Waals surface area (Å²) in [4.78, 5) is 19.5. The SMILES string of the molecule is CCNC(=NCCNC(=O)c1ccc(OC)cc1)NC1CCN(C2CCCC2)C1. The lowest BCUT2D eigenvalue weighted by atomic mass is 10.2. The summed E-state index contributed by atoms with van der Waals surface area (Å²) in [5.41, 5.74) is 0.623. The molecule has 1 unspecified atom stereocenters. The summed E-state index contributed by atoms with van der Waals surface area (Å²) in [6.45, 7) is 6.21. The van der Waals surface area contributed by atoms with Crippen LogP contribution in [0.25, 0.3) is 0 Å². The Kier molecular flexibility index (Phi) is 8.16. The highest BCUT2D eigenvalue weighted by atomic mass is 16.5. The van der Waals surface area contributed by atoms with Crippen LogP contribution in [0.2, 0.25) is 0 Å². The van der Waals surface area contributed by atoms with Crippen LogP contribution in [0.4, 0.5) is 0 Å². The first-order valence-corrected chi connectivity index (χ1v) is 10.9. The van der Waals surface area contributed by atoms with Gasteiger partial charge in [0.2, 0.25) is 0 Å². The second kappa shape index (κ2) is 11.0. The number of carbonyl (C=O) groups excluding carboxylic acids is 1. The molecule has 1 heterocycles. The number of ether oxygens (including phenoxy) is 1. The summed E-state index contributed by atoms with van der Waals surface area (Å²) >= 11 is 0. The molecule has 1 aromatic carbocycles. The van der Waals surface area contributed by atoms with Crippen molar-refractivity contribution in [2.75, 3.05) is 39.8 Å². The number of nitrogens with one attached hydrogen (secondary N) is 3. The van der Waals surface area contributed by atoms with Gasteiger partial charge in [-0.15, -0.1) is 0 Å². The fraction of sp³-hybridized carbons (Fsp3) is 0.636. The van der Waals surface area contributed by atoms with Crippen molar-refractivity contribution in [1.82, 2.24) is 20.9 Å². The number of aliphatic imine (C=N–C) groups is 1. The van der Waals surface area contributed by atoms with Crippen molar-refractivity contribution < 1.29 is 9.53 Å². The molecule has 2 fully saturated rings. The third kappa shape index (κ3) is 6.35. The second-order valence-corrected chi connectivity index (χ2v) is 7.81. The van der Waals surface area contributed by atoms with Gasteiger partial charge < -0.3 is 20.7 Å². The number of guanidine groups is 1. The van der Waals surface area contributed by atoms with Crippen molar-refractivity contribution in [3.8, 4) is 5.75 Å². The van der Waals surface area contributed by atoms with E-state index in [1.807, 2.05) is 0 Å². The largest absolute Gasteiger partial charge is 0.497 e. The lowest BCUT2D eigenvalue weighted by Gasteiger charge is -2.24. The van der Waals surface area contributed by atoms with E-state index in [0.717, 1.165) is 37.3 Å². The number of nitrogens with zero attached hydrogens (tertiary/aromatic N) is 2. The van der Waals surface area contributed by atoms with Crippen LogP contribution >= 0.6 is 0 Å². The first kappa shape index (κ1) is 21.4. The topological polar surface area (TPSA) is 78.0 Å². The van der Waals surface area contributed by atoms with Crippen molar-refractivity contribution in [1.29, 1.82) is 0 Å². The molecule has 0 spiro atoms. The minimum absolute atomic E-state index is 0.0937. The molecule has 0 radical (unpaired) electrons. The zero-order valence-corrected chi connectivity index (χ0v) is 17.7. The highest BCUT2D eigenvalue weighted by Crippen LogP contribution is 2.26. The van der Waals surface area contributed by atoms with Crippen LogP contribution in [0.1, 0.15) is 49.4 Å². The summed E-state index contributed by atoms with van der Waals surface area (Å²) in [6.07, 6.45) is 6.63. The predicted octanol–water partition coefficient (Wildman–Crippen LogP) is 2.00. The molecule has 1 aliphatic carbocycles. The molecule has 7 heteroatoms. The first-order valence-electron chi connectivity index (χ1n) is 10.9. The number of likely N-dealkylation sites (tertiary alicyclic amines) is 1. The predicted molar refractivity (Wildman–Crippen MR) is 117 cm³/mol. The number of methoxy groups -OCH3 is 1. The molecule has 1 aliphatic heterocycles. The van der Waals surface area contributed by atoms with Gasteiger partial charge >= 0.3 is 0 Å². The average Bonchev–Trinajstić information content (AvgIpc) is 3.43. The molecule has 7 nitrogen and oxygen atoms in total. The first-order chi connectivity index (χ1) is 14.2. The van der Waals surface area contributed by atoms with Gasteiger partial charge in [0.05, 0.1) is 13.7 Å². The summed E-state index contributed by atoms with van der Waals surface area (Å²) in [5, 5.41) is 9.81. The minimum atomic E-state index is -0.0937. The summed E-state index contributed by atoms with van der Waals surface area (Å²) < 4.78 is 5.12. The maximum absolute atomic E-state index is 12.2. The van der Waals surface area contributed by atoms with E-state index in [1.54, 1.807) is 31.4 Å². The summed E-state index contributed by atoms with van der Waals surface area (Å²) in [5.74, 6) is 1.49. The highest BCUT2D eigenvalue weighted by Gasteiger charge is 2.30. The van der Waals surface area contributed by atoms with Gasteiger partial charge in [-0.05, 0) is 50.5 Å². The normalized spacial score (nSPS) is 20.6. The second-order valence-electron chi connectivity index (χ2n) is 7.81. The Morgan fingerprint density at radius 1 is 1.17 bits per heavy atom. The number of benzene rings is 1. The fourth-order valence-corrected chi connectivity index (χ4v) is 4.20. The molecule has 1 aromatic rings. The standard InChI is InChI=1S/C22H35N5O2/c1-3-23-22(26-18-12-15-27(16-18)19-6-4-5-7-19)25-14-13-24-21(28)17-8-10-20(29-2)11-9-17/h8-11,18-19H,3-7,12-16H2,1-2H3,(H,24,28)(H2,23,25,26). The molecule has 3 rings (SSSR count). The van der Waals surface area contributed by atoms with Crippen molar-refractivity contribution in [3.63, 3.8) is 0 Å². The van der Waals surface area contributed by atoms with Crippen LogP contribution in [0.3, 0.4) is 0 Å².